The third kappa shape index (κ3) is 4.61. The van der Waals surface area contributed by atoms with Crippen LogP contribution in [0.3, 0.4) is 0 Å². The molecule has 1 unspecified atom stereocenters. The monoisotopic (exact) mass is 251 g/mol. The molecule has 0 bridgehead atoms. The molecule has 100 valence electrons. The van der Waals surface area contributed by atoms with Gasteiger partial charge in [-0.05, 0) is 32.4 Å². The van der Waals surface area contributed by atoms with Crippen molar-refractivity contribution < 1.29 is 9.53 Å². The molecule has 1 atom stereocenters. The van der Waals surface area contributed by atoms with Crippen molar-refractivity contribution in [2.45, 2.75) is 33.2 Å². The maximum atomic E-state index is 11.5. The predicted molar refractivity (Wildman–Crippen MR) is 72.7 cm³/mol. The molecule has 5 nitrogen and oxygen atoms in total. The van der Waals surface area contributed by atoms with E-state index in [0.717, 1.165) is 18.8 Å². The molecule has 18 heavy (non-hydrogen) atoms. The summed E-state index contributed by atoms with van der Waals surface area (Å²) in [7, 11) is 0. The van der Waals surface area contributed by atoms with Gasteiger partial charge in [0.2, 0.25) is 0 Å². The molecule has 5 heteroatoms. The van der Waals surface area contributed by atoms with Gasteiger partial charge >= 0.3 is 5.97 Å². The van der Waals surface area contributed by atoms with E-state index in [-0.39, 0.29) is 5.97 Å². The number of anilines is 2. The van der Waals surface area contributed by atoms with Gasteiger partial charge in [-0.25, -0.2) is 9.78 Å². The Balaban J connectivity index is 2.58. The number of carbonyl (C=O) groups is 1. The van der Waals surface area contributed by atoms with Crippen LogP contribution in [0.15, 0.2) is 18.2 Å². The third-order valence-electron chi connectivity index (χ3n) is 2.31. The van der Waals surface area contributed by atoms with E-state index in [2.05, 4.69) is 22.5 Å². The minimum atomic E-state index is -0.404. The van der Waals surface area contributed by atoms with Crippen molar-refractivity contribution in [3.05, 3.63) is 18.2 Å². The standard InChI is InChI=1S/C13H21N3O2/c1-4-9-14-11-7-6-8-12(16-11)15-10(3)13(17)18-5-2/h6-8,10H,4-5,9H2,1-3H3,(H2,14,15,16). The van der Waals surface area contributed by atoms with Crippen LogP contribution in [0.25, 0.3) is 0 Å². The molecule has 0 aromatic carbocycles. The van der Waals surface area contributed by atoms with Crippen LogP contribution in [0.5, 0.6) is 0 Å². The fraction of sp³-hybridized carbons (Fsp3) is 0.538. The number of ether oxygens (including phenoxy) is 1. The zero-order valence-electron chi connectivity index (χ0n) is 11.2. The number of hydrogen-bond donors (Lipinski definition) is 2. The molecule has 0 aliphatic rings. The Morgan fingerprint density at radius 1 is 1.39 bits per heavy atom. The molecule has 0 radical (unpaired) electrons. The fourth-order valence-electron chi connectivity index (χ4n) is 1.41. The molecule has 0 spiro atoms. The smallest absolute Gasteiger partial charge is 0.328 e. The summed E-state index contributed by atoms with van der Waals surface area (Å²) in [6.45, 7) is 6.90. The largest absolute Gasteiger partial charge is 0.464 e. The first kappa shape index (κ1) is 14.3. The van der Waals surface area contributed by atoms with Crippen molar-refractivity contribution in [2.75, 3.05) is 23.8 Å². The predicted octanol–water partition coefficient (Wildman–Crippen LogP) is 2.27. The summed E-state index contributed by atoms with van der Waals surface area (Å²) >= 11 is 0. The Hall–Kier alpha value is -1.78. The first-order chi connectivity index (χ1) is 8.67. The molecular weight excluding hydrogens is 230 g/mol. The topological polar surface area (TPSA) is 63.2 Å². The summed E-state index contributed by atoms with van der Waals surface area (Å²) in [5.74, 6) is 1.20. The van der Waals surface area contributed by atoms with Crippen LogP contribution in [0, 0.1) is 0 Å². The van der Waals surface area contributed by atoms with Gasteiger partial charge in [0.15, 0.2) is 0 Å². The summed E-state index contributed by atoms with van der Waals surface area (Å²) < 4.78 is 4.93. The van der Waals surface area contributed by atoms with Gasteiger partial charge < -0.3 is 15.4 Å². The number of carbonyl (C=O) groups excluding carboxylic acids is 1. The lowest BCUT2D eigenvalue weighted by molar-refractivity contribution is -0.143. The van der Waals surface area contributed by atoms with Crippen molar-refractivity contribution in [1.82, 2.24) is 4.98 Å². The Kier molecular flexibility index (Phi) is 5.97. The molecule has 1 aromatic rings. The van der Waals surface area contributed by atoms with Crippen LogP contribution < -0.4 is 10.6 Å². The van der Waals surface area contributed by atoms with Crippen LogP contribution in [0.1, 0.15) is 27.2 Å². The van der Waals surface area contributed by atoms with E-state index in [1.165, 1.54) is 0 Å². The average Bonchev–Trinajstić information content (AvgIpc) is 2.37. The number of rotatable bonds is 7. The van der Waals surface area contributed by atoms with Gasteiger partial charge in [-0.3, -0.25) is 0 Å². The molecule has 0 aliphatic heterocycles. The Bertz CT molecular complexity index is 382. The van der Waals surface area contributed by atoms with Crippen molar-refractivity contribution in [2.24, 2.45) is 0 Å². The maximum Gasteiger partial charge on any atom is 0.328 e. The van der Waals surface area contributed by atoms with Gasteiger partial charge in [0.25, 0.3) is 0 Å². The quantitative estimate of drug-likeness (QED) is 0.728. The highest BCUT2D eigenvalue weighted by Gasteiger charge is 2.13. The summed E-state index contributed by atoms with van der Waals surface area (Å²) in [5, 5.41) is 6.21. The second-order valence-corrected chi connectivity index (χ2v) is 3.95. The van der Waals surface area contributed by atoms with E-state index in [9.17, 15) is 4.79 Å². The van der Waals surface area contributed by atoms with Crippen molar-refractivity contribution in [1.29, 1.82) is 0 Å². The molecule has 1 rings (SSSR count). The average molecular weight is 251 g/mol. The normalized spacial score (nSPS) is 11.7. The highest BCUT2D eigenvalue weighted by atomic mass is 16.5. The summed E-state index contributed by atoms with van der Waals surface area (Å²) in [5.41, 5.74) is 0. The number of pyridine rings is 1. The Morgan fingerprint density at radius 3 is 2.78 bits per heavy atom. The Morgan fingerprint density at radius 2 is 2.11 bits per heavy atom. The Labute approximate surface area is 108 Å². The maximum absolute atomic E-state index is 11.5. The summed E-state index contributed by atoms with van der Waals surface area (Å²) in [6.07, 6.45) is 1.04. The molecule has 2 N–H and O–H groups in total. The third-order valence-corrected chi connectivity index (χ3v) is 2.31. The van der Waals surface area contributed by atoms with Gasteiger partial charge in [0, 0.05) is 6.54 Å². The SMILES string of the molecule is CCCNc1cccc(NC(C)C(=O)OCC)n1. The van der Waals surface area contributed by atoms with Crippen molar-refractivity contribution >= 4 is 17.6 Å². The van der Waals surface area contributed by atoms with Gasteiger partial charge in [0.1, 0.15) is 17.7 Å². The highest BCUT2D eigenvalue weighted by Crippen LogP contribution is 2.10. The lowest BCUT2D eigenvalue weighted by atomic mass is 10.3. The summed E-state index contributed by atoms with van der Waals surface area (Å²) in [4.78, 5) is 15.8. The van der Waals surface area contributed by atoms with E-state index in [1.807, 2.05) is 18.2 Å². The van der Waals surface area contributed by atoms with Crippen LogP contribution in [0.2, 0.25) is 0 Å². The number of nitrogens with zero attached hydrogens (tertiary/aromatic N) is 1. The van der Waals surface area contributed by atoms with E-state index in [0.29, 0.717) is 12.4 Å². The molecule has 1 aromatic heterocycles. The van der Waals surface area contributed by atoms with Crippen LogP contribution in [-0.2, 0) is 9.53 Å². The van der Waals surface area contributed by atoms with E-state index >= 15 is 0 Å². The minimum absolute atomic E-state index is 0.272. The van der Waals surface area contributed by atoms with Gasteiger partial charge in [-0.2, -0.15) is 0 Å². The van der Waals surface area contributed by atoms with E-state index in [4.69, 9.17) is 4.74 Å². The molecule has 1 heterocycles. The molecular formula is C13H21N3O2. The molecule has 0 aliphatic carbocycles. The second kappa shape index (κ2) is 7.53. The number of esters is 1. The number of nitrogens with one attached hydrogen (secondary N) is 2. The zero-order valence-corrected chi connectivity index (χ0v) is 11.2. The number of aromatic nitrogens is 1. The molecule has 0 amide bonds. The lowest BCUT2D eigenvalue weighted by Crippen LogP contribution is -2.28. The first-order valence-electron chi connectivity index (χ1n) is 6.31. The fourth-order valence-corrected chi connectivity index (χ4v) is 1.41. The highest BCUT2D eigenvalue weighted by molar-refractivity contribution is 5.78. The van der Waals surface area contributed by atoms with E-state index in [1.54, 1.807) is 13.8 Å². The van der Waals surface area contributed by atoms with Gasteiger partial charge in [0.05, 0.1) is 6.61 Å². The van der Waals surface area contributed by atoms with Gasteiger partial charge in [-0.1, -0.05) is 13.0 Å². The first-order valence-corrected chi connectivity index (χ1v) is 6.31. The van der Waals surface area contributed by atoms with E-state index < -0.39 is 6.04 Å². The lowest BCUT2D eigenvalue weighted by Gasteiger charge is -2.14. The van der Waals surface area contributed by atoms with Crippen LogP contribution in [-0.4, -0.2) is 30.1 Å². The number of hydrogen-bond acceptors (Lipinski definition) is 5. The molecule has 0 fully saturated rings. The summed E-state index contributed by atoms with van der Waals surface area (Å²) in [6, 6.07) is 5.22. The van der Waals surface area contributed by atoms with Gasteiger partial charge in [-0.15, -0.1) is 0 Å². The molecule has 0 saturated heterocycles. The second-order valence-electron chi connectivity index (χ2n) is 3.95. The van der Waals surface area contributed by atoms with Crippen LogP contribution >= 0.6 is 0 Å². The minimum Gasteiger partial charge on any atom is -0.464 e. The zero-order chi connectivity index (χ0) is 13.4. The van der Waals surface area contributed by atoms with Crippen molar-refractivity contribution in [3.63, 3.8) is 0 Å². The molecule has 0 saturated carbocycles. The van der Waals surface area contributed by atoms with Crippen molar-refractivity contribution in [3.8, 4) is 0 Å². The van der Waals surface area contributed by atoms with Crippen LogP contribution in [0.4, 0.5) is 11.6 Å².